The number of aromatic nitrogens is 3. The van der Waals surface area contributed by atoms with Gasteiger partial charge in [0.05, 0.1) is 22.7 Å². The van der Waals surface area contributed by atoms with E-state index >= 15 is 0 Å². The Hall–Kier alpha value is -2.44. The van der Waals surface area contributed by atoms with Crippen molar-refractivity contribution in [3.63, 3.8) is 0 Å². The first-order valence-electron chi connectivity index (χ1n) is 7.95. The predicted octanol–water partition coefficient (Wildman–Crippen LogP) is 4.49. The number of halogens is 2. The van der Waals surface area contributed by atoms with E-state index in [0.717, 1.165) is 0 Å². The van der Waals surface area contributed by atoms with Gasteiger partial charge in [-0.25, -0.2) is 4.98 Å². The molecule has 0 unspecified atom stereocenters. The fourth-order valence-corrected chi connectivity index (χ4v) is 2.69. The molecule has 0 atom stereocenters. The Morgan fingerprint density at radius 2 is 1.92 bits per heavy atom. The van der Waals surface area contributed by atoms with Crippen LogP contribution in [0.3, 0.4) is 0 Å². The van der Waals surface area contributed by atoms with Gasteiger partial charge in [-0.2, -0.15) is 0 Å². The van der Waals surface area contributed by atoms with Crippen molar-refractivity contribution in [1.29, 1.82) is 0 Å². The molecule has 0 spiro atoms. The van der Waals surface area contributed by atoms with Gasteiger partial charge in [0.2, 0.25) is 11.8 Å². The van der Waals surface area contributed by atoms with Crippen molar-refractivity contribution in [3.8, 4) is 11.5 Å². The van der Waals surface area contributed by atoms with Crippen LogP contribution in [0.1, 0.15) is 30.1 Å². The molecule has 1 aromatic carbocycles. The molecule has 3 aromatic rings. The lowest BCUT2D eigenvalue weighted by atomic mass is 10.2. The molecular weight excluding hydrogens is 375 g/mol. The maximum absolute atomic E-state index is 12.8. The second kappa shape index (κ2) is 7.85. The van der Waals surface area contributed by atoms with Gasteiger partial charge in [-0.05, 0) is 38.1 Å². The highest BCUT2D eigenvalue weighted by molar-refractivity contribution is 6.33. The van der Waals surface area contributed by atoms with E-state index in [1.54, 1.807) is 29.2 Å². The number of amides is 1. The van der Waals surface area contributed by atoms with Crippen LogP contribution >= 0.6 is 23.2 Å². The molecule has 0 saturated heterocycles. The minimum absolute atomic E-state index is 0.0751. The SMILES string of the molecule is CC(C)N(Cc1nnc(-c2ccccc2Cl)o1)C(=O)c1ccc(Cl)nc1. The van der Waals surface area contributed by atoms with Gasteiger partial charge in [-0.1, -0.05) is 35.3 Å². The Morgan fingerprint density at radius 3 is 2.58 bits per heavy atom. The quantitative estimate of drug-likeness (QED) is 0.600. The van der Waals surface area contributed by atoms with E-state index in [0.29, 0.717) is 33.1 Å². The highest BCUT2D eigenvalue weighted by Gasteiger charge is 2.22. The summed E-state index contributed by atoms with van der Waals surface area (Å²) in [6.07, 6.45) is 1.45. The summed E-state index contributed by atoms with van der Waals surface area (Å²) in [4.78, 5) is 18.3. The van der Waals surface area contributed by atoms with E-state index in [-0.39, 0.29) is 18.5 Å². The smallest absolute Gasteiger partial charge is 0.256 e. The Kier molecular flexibility index (Phi) is 5.54. The number of carbonyl (C=O) groups is 1. The molecule has 0 radical (unpaired) electrons. The summed E-state index contributed by atoms with van der Waals surface area (Å²) in [6.45, 7) is 4.00. The number of rotatable bonds is 5. The largest absolute Gasteiger partial charge is 0.419 e. The van der Waals surface area contributed by atoms with Crippen molar-refractivity contribution in [2.24, 2.45) is 0 Å². The molecule has 134 valence electrons. The van der Waals surface area contributed by atoms with Crippen LogP contribution in [0.15, 0.2) is 47.0 Å². The monoisotopic (exact) mass is 390 g/mol. The molecule has 0 N–H and O–H groups in total. The van der Waals surface area contributed by atoms with Gasteiger partial charge >= 0.3 is 0 Å². The molecule has 0 bridgehead atoms. The Labute approximate surface area is 160 Å². The van der Waals surface area contributed by atoms with Crippen molar-refractivity contribution in [1.82, 2.24) is 20.1 Å². The summed E-state index contributed by atoms with van der Waals surface area (Å²) < 4.78 is 5.70. The van der Waals surface area contributed by atoms with Crippen molar-refractivity contribution in [2.45, 2.75) is 26.4 Å². The molecule has 2 aromatic heterocycles. The highest BCUT2D eigenvalue weighted by atomic mass is 35.5. The first-order chi connectivity index (χ1) is 12.5. The minimum Gasteiger partial charge on any atom is -0.419 e. The standard InChI is InChI=1S/C18H16Cl2N4O2/c1-11(2)24(18(25)12-7-8-15(20)21-9-12)10-16-22-23-17(26-16)13-5-3-4-6-14(13)19/h3-9,11H,10H2,1-2H3. The van der Waals surface area contributed by atoms with Gasteiger partial charge in [0.15, 0.2) is 0 Å². The minimum atomic E-state index is -0.193. The molecule has 0 saturated carbocycles. The lowest BCUT2D eigenvalue weighted by Crippen LogP contribution is -2.36. The van der Waals surface area contributed by atoms with Crippen LogP contribution in [-0.4, -0.2) is 32.0 Å². The van der Waals surface area contributed by atoms with Crippen molar-refractivity contribution in [3.05, 3.63) is 64.2 Å². The van der Waals surface area contributed by atoms with Crippen molar-refractivity contribution in [2.75, 3.05) is 0 Å². The van der Waals surface area contributed by atoms with Crippen molar-refractivity contribution < 1.29 is 9.21 Å². The van der Waals surface area contributed by atoms with E-state index in [9.17, 15) is 4.79 Å². The molecule has 2 heterocycles. The molecule has 0 fully saturated rings. The number of nitrogens with zero attached hydrogens (tertiary/aromatic N) is 4. The zero-order valence-electron chi connectivity index (χ0n) is 14.2. The normalized spacial score (nSPS) is 11.0. The van der Waals surface area contributed by atoms with Gasteiger partial charge in [0.25, 0.3) is 5.91 Å². The lowest BCUT2D eigenvalue weighted by molar-refractivity contribution is 0.0672. The fourth-order valence-electron chi connectivity index (χ4n) is 2.36. The second-order valence-electron chi connectivity index (χ2n) is 5.88. The van der Waals surface area contributed by atoms with Gasteiger partial charge in [-0.15, -0.1) is 10.2 Å². The number of carbonyl (C=O) groups excluding carboxylic acids is 1. The number of pyridine rings is 1. The fraction of sp³-hybridized carbons (Fsp3) is 0.222. The molecule has 0 aliphatic rings. The summed E-state index contributed by atoms with van der Waals surface area (Å²) in [6, 6.07) is 10.3. The summed E-state index contributed by atoms with van der Waals surface area (Å²) in [5.74, 6) is 0.445. The average molecular weight is 391 g/mol. The van der Waals surface area contributed by atoms with Crippen LogP contribution in [0.4, 0.5) is 0 Å². The third kappa shape index (κ3) is 4.03. The Balaban J connectivity index is 1.82. The van der Waals surface area contributed by atoms with E-state index in [2.05, 4.69) is 15.2 Å². The average Bonchev–Trinajstić information content (AvgIpc) is 3.08. The van der Waals surface area contributed by atoms with Crippen LogP contribution in [-0.2, 0) is 6.54 Å². The number of benzene rings is 1. The summed E-state index contributed by atoms with van der Waals surface area (Å²) >= 11 is 11.9. The maximum atomic E-state index is 12.8. The molecule has 6 nitrogen and oxygen atoms in total. The molecule has 0 aliphatic carbocycles. The third-order valence-electron chi connectivity index (χ3n) is 3.74. The third-order valence-corrected chi connectivity index (χ3v) is 4.29. The van der Waals surface area contributed by atoms with Gasteiger partial charge in [0.1, 0.15) is 5.15 Å². The van der Waals surface area contributed by atoms with E-state index < -0.39 is 0 Å². The molecule has 26 heavy (non-hydrogen) atoms. The second-order valence-corrected chi connectivity index (χ2v) is 6.67. The van der Waals surface area contributed by atoms with E-state index in [4.69, 9.17) is 27.6 Å². The first kappa shape index (κ1) is 18.4. The van der Waals surface area contributed by atoms with Gasteiger partial charge in [-0.3, -0.25) is 4.79 Å². The molecule has 8 heteroatoms. The lowest BCUT2D eigenvalue weighted by Gasteiger charge is -2.25. The topological polar surface area (TPSA) is 72.1 Å². The maximum Gasteiger partial charge on any atom is 0.256 e. The van der Waals surface area contributed by atoms with Crippen LogP contribution in [0, 0.1) is 0 Å². The van der Waals surface area contributed by atoms with E-state index in [1.165, 1.54) is 6.20 Å². The van der Waals surface area contributed by atoms with Crippen LogP contribution < -0.4 is 0 Å². The summed E-state index contributed by atoms with van der Waals surface area (Å²) in [5, 5.41) is 8.93. The molecule has 3 rings (SSSR count). The zero-order valence-corrected chi connectivity index (χ0v) is 15.7. The predicted molar refractivity (Wildman–Crippen MR) is 99.0 cm³/mol. The molecule has 0 aliphatic heterocycles. The zero-order chi connectivity index (χ0) is 18.7. The van der Waals surface area contributed by atoms with Crippen LogP contribution in [0.25, 0.3) is 11.5 Å². The van der Waals surface area contributed by atoms with E-state index in [1.807, 2.05) is 26.0 Å². The molecular formula is C18H16Cl2N4O2. The van der Waals surface area contributed by atoms with Crippen molar-refractivity contribution >= 4 is 29.1 Å². The Bertz CT molecular complexity index is 910. The molecule has 1 amide bonds. The summed E-state index contributed by atoms with van der Waals surface area (Å²) in [5.41, 5.74) is 1.09. The van der Waals surface area contributed by atoms with Gasteiger partial charge < -0.3 is 9.32 Å². The number of hydrogen-bond donors (Lipinski definition) is 0. The number of hydrogen-bond acceptors (Lipinski definition) is 5. The first-order valence-corrected chi connectivity index (χ1v) is 8.71. The van der Waals surface area contributed by atoms with Crippen LogP contribution in [0.2, 0.25) is 10.2 Å². The van der Waals surface area contributed by atoms with Gasteiger partial charge in [0, 0.05) is 12.2 Å². The van der Waals surface area contributed by atoms with Crippen LogP contribution in [0.5, 0.6) is 0 Å². The highest BCUT2D eigenvalue weighted by Crippen LogP contribution is 2.26. The Morgan fingerprint density at radius 1 is 1.15 bits per heavy atom. The summed E-state index contributed by atoms with van der Waals surface area (Å²) in [7, 11) is 0.